The van der Waals surface area contributed by atoms with E-state index >= 15 is 0 Å². The minimum absolute atomic E-state index is 0.0389. The molecule has 0 spiro atoms. The van der Waals surface area contributed by atoms with Gasteiger partial charge in [0.15, 0.2) is 5.78 Å². The number of aromatic hydroxyl groups is 1. The molecule has 0 fully saturated rings. The summed E-state index contributed by atoms with van der Waals surface area (Å²) in [6.07, 6.45) is 0.193. The summed E-state index contributed by atoms with van der Waals surface area (Å²) in [4.78, 5) is 11.0. The summed E-state index contributed by atoms with van der Waals surface area (Å²) >= 11 is 5.34. The zero-order valence-corrected chi connectivity index (χ0v) is 8.08. The van der Waals surface area contributed by atoms with E-state index < -0.39 is 0 Å². The third-order valence-electron chi connectivity index (χ3n) is 1.73. The fourth-order valence-corrected chi connectivity index (χ4v) is 1.15. The first-order valence-electron chi connectivity index (χ1n) is 3.97. The predicted molar refractivity (Wildman–Crippen MR) is 52.3 cm³/mol. The second kappa shape index (κ2) is 4.64. The summed E-state index contributed by atoms with van der Waals surface area (Å²) in [5.74, 6) is -0.223. The van der Waals surface area contributed by atoms with Gasteiger partial charge in [0.05, 0.1) is 11.4 Å². The Hall–Kier alpha value is -1.53. The molecule has 0 radical (unpaired) electrons. The van der Waals surface area contributed by atoms with E-state index in [4.69, 9.17) is 16.9 Å². The van der Waals surface area contributed by atoms with Gasteiger partial charge in [-0.05, 0) is 17.7 Å². The first-order valence-corrected chi connectivity index (χ1v) is 4.50. The maximum Gasteiger partial charge on any atom is 0.151 e. The number of hydrogen-bond donors (Lipinski definition) is 1. The maximum atomic E-state index is 11.0. The van der Waals surface area contributed by atoms with E-state index in [1.165, 1.54) is 12.1 Å². The van der Waals surface area contributed by atoms with Crippen LogP contribution in [0.2, 0.25) is 0 Å². The van der Waals surface area contributed by atoms with E-state index in [1.807, 2.05) is 6.07 Å². The molecule has 0 amide bonds. The number of nitrogens with zero attached hydrogens (tertiary/aromatic N) is 1. The molecule has 0 aromatic heterocycles. The highest BCUT2D eigenvalue weighted by atomic mass is 35.5. The van der Waals surface area contributed by atoms with Crippen LogP contribution in [0, 0.1) is 11.3 Å². The lowest BCUT2D eigenvalue weighted by Gasteiger charge is -2.00. The molecular weight excluding hydrogens is 202 g/mol. The van der Waals surface area contributed by atoms with Crippen LogP contribution in [0.1, 0.15) is 11.1 Å². The van der Waals surface area contributed by atoms with Crippen molar-refractivity contribution in [2.24, 2.45) is 0 Å². The van der Waals surface area contributed by atoms with Crippen LogP contribution >= 0.6 is 11.6 Å². The van der Waals surface area contributed by atoms with E-state index in [-0.39, 0.29) is 29.4 Å². The van der Waals surface area contributed by atoms with E-state index in [0.717, 1.165) is 0 Å². The Morgan fingerprint density at radius 3 is 2.86 bits per heavy atom. The van der Waals surface area contributed by atoms with Crippen LogP contribution in [0.25, 0.3) is 0 Å². The number of carbonyl (C=O) groups is 1. The van der Waals surface area contributed by atoms with Crippen molar-refractivity contribution >= 4 is 17.4 Å². The van der Waals surface area contributed by atoms with Crippen LogP contribution in [0.4, 0.5) is 0 Å². The summed E-state index contributed by atoms with van der Waals surface area (Å²) < 4.78 is 0. The number of Topliss-reactive ketones (excluding diaryl/α,β-unsaturated/α-hetero) is 1. The zero-order valence-electron chi connectivity index (χ0n) is 7.33. The van der Waals surface area contributed by atoms with E-state index in [9.17, 15) is 9.90 Å². The Labute approximate surface area is 86.5 Å². The molecule has 1 rings (SSSR count). The highest BCUT2D eigenvalue weighted by molar-refractivity contribution is 6.27. The molecule has 0 aliphatic heterocycles. The van der Waals surface area contributed by atoms with Crippen LogP contribution in [0.5, 0.6) is 5.75 Å². The number of nitriles is 1. The summed E-state index contributed by atoms with van der Waals surface area (Å²) in [5, 5.41) is 17.8. The van der Waals surface area contributed by atoms with Gasteiger partial charge in [0, 0.05) is 6.42 Å². The molecule has 1 N–H and O–H groups in total. The summed E-state index contributed by atoms with van der Waals surface area (Å²) in [5.41, 5.74) is 0.856. The van der Waals surface area contributed by atoms with Gasteiger partial charge in [-0.2, -0.15) is 5.26 Å². The van der Waals surface area contributed by atoms with Gasteiger partial charge < -0.3 is 5.11 Å². The number of benzene rings is 1. The second-order valence-corrected chi connectivity index (χ2v) is 3.08. The van der Waals surface area contributed by atoms with Crippen molar-refractivity contribution in [1.82, 2.24) is 0 Å². The molecule has 0 bridgehead atoms. The van der Waals surface area contributed by atoms with Crippen molar-refractivity contribution in [1.29, 1.82) is 5.26 Å². The van der Waals surface area contributed by atoms with E-state index in [2.05, 4.69) is 0 Å². The smallest absolute Gasteiger partial charge is 0.151 e. The molecule has 3 nitrogen and oxygen atoms in total. The normalized spacial score (nSPS) is 9.43. The molecule has 1 aromatic rings. The molecule has 72 valence electrons. The average Bonchev–Trinajstić information content (AvgIpc) is 2.20. The Kier molecular flexibility index (Phi) is 3.49. The fourth-order valence-electron chi connectivity index (χ4n) is 1.06. The SMILES string of the molecule is N#Cc1cc(CC(=O)CCl)ccc1O. The highest BCUT2D eigenvalue weighted by Crippen LogP contribution is 2.17. The van der Waals surface area contributed by atoms with E-state index in [1.54, 1.807) is 6.07 Å². The highest BCUT2D eigenvalue weighted by Gasteiger charge is 2.05. The predicted octanol–water partition coefficient (Wildman–Crippen LogP) is 1.61. The van der Waals surface area contributed by atoms with Gasteiger partial charge in [-0.15, -0.1) is 11.6 Å². The lowest BCUT2D eigenvalue weighted by Crippen LogP contribution is -2.03. The lowest BCUT2D eigenvalue weighted by molar-refractivity contribution is -0.116. The van der Waals surface area contributed by atoms with Gasteiger partial charge in [0.1, 0.15) is 11.8 Å². The van der Waals surface area contributed by atoms with Crippen molar-refractivity contribution in [3.8, 4) is 11.8 Å². The summed E-state index contributed by atoms with van der Waals surface area (Å²) in [6, 6.07) is 6.31. The van der Waals surface area contributed by atoms with Crippen molar-refractivity contribution in [2.75, 3.05) is 5.88 Å². The van der Waals surface area contributed by atoms with Crippen LogP contribution in [-0.2, 0) is 11.2 Å². The lowest BCUT2D eigenvalue weighted by atomic mass is 10.1. The van der Waals surface area contributed by atoms with Crippen LogP contribution < -0.4 is 0 Å². The molecule has 1 aromatic carbocycles. The molecule has 4 heteroatoms. The molecule has 0 saturated heterocycles. The van der Waals surface area contributed by atoms with Crippen molar-refractivity contribution in [3.63, 3.8) is 0 Å². The first-order chi connectivity index (χ1) is 6.67. The molecule has 0 atom stereocenters. The number of alkyl halides is 1. The van der Waals surface area contributed by atoms with Gasteiger partial charge in [-0.3, -0.25) is 4.79 Å². The van der Waals surface area contributed by atoms with Gasteiger partial charge in [0.25, 0.3) is 0 Å². The number of halogens is 1. The van der Waals surface area contributed by atoms with Crippen LogP contribution in [0.3, 0.4) is 0 Å². The molecule has 0 saturated carbocycles. The topological polar surface area (TPSA) is 61.1 Å². The largest absolute Gasteiger partial charge is 0.507 e. The number of phenolic OH excluding ortho intramolecular Hbond substituents is 1. The number of ketones is 1. The molecular formula is C10H8ClNO2. The van der Waals surface area contributed by atoms with Gasteiger partial charge in [-0.25, -0.2) is 0 Å². The van der Waals surface area contributed by atoms with Crippen molar-refractivity contribution in [2.45, 2.75) is 6.42 Å². The maximum absolute atomic E-state index is 11.0. The van der Waals surface area contributed by atoms with Gasteiger partial charge >= 0.3 is 0 Å². The monoisotopic (exact) mass is 209 g/mol. The average molecular weight is 210 g/mol. The second-order valence-electron chi connectivity index (χ2n) is 2.81. The van der Waals surface area contributed by atoms with Crippen molar-refractivity contribution < 1.29 is 9.90 Å². The van der Waals surface area contributed by atoms with E-state index in [0.29, 0.717) is 5.56 Å². The summed E-state index contributed by atoms with van der Waals surface area (Å²) in [7, 11) is 0. The number of carbonyl (C=O) groups excluding carboxylic acids is 1. The Morgan fingerprint density at radius 1 is 1.57 bits per heavy atom. The minimum Gasteiger partial charge on any atom is -0.507 e. The first kappa shape index (κ1) is 10.6. The molecule has 0 unspecified atom stereocenters. The van der Waals surface area contributed by atoms with Crippen LogP contribution in [-0.4, -0.2) is 16.8 Å². The standard InChI is InChI=1S/C10H8ClNO2/c11-5-9(13)4-7-1-2-10(14)8(3-7)6-12/h1-3,14H,4-5H2. The zero-order chi connectivity index (χ0) is 10.6. The van der Waals surface area contributed by atoms with Crippen molar-refractivity contribution in [3.05, 3.63) is 29.3 Å². The molecule has 0 aliphatic carbocycles. The number of phenols is 1. The quantitative estimate of drug-likeness (QED) is 0.770. The molecule has 14 heavy (non-hydrogen) atoms. The minimum atomic E-state index is -0.110. The van der Waals surface area contributed by atoms with Gasteiger partial charge in [0.2, 0.25) is 0 Å². The Balaban J connectivity index is 2.91. The Bertz CT molecular complexity index is 396. The molecule has 0 heterocycles. The third kappa shape index (κ3) is 2.48. The van der Waals surface area contributed by atoms with Crippen LogP contribution in [0.15, 0.2) is 18.2 Å². The summed E-state index contributed by atoms with van der Waals surface area (Å²) in [6.45, 7) is 0. The molecule has 0 aliphatic rings. The fraction of sp³-hybridized carbons (Fsp3) is 0.200. The van der Waals surface area contributed by atoms with Gasteiger partial charge in [-0.1, -0.05) is 6.07 Å². The number of hydrogen-bond acceptors (Lipinski definition) is 3. The Morgan fingerprint density at radius 2 is 2.29 bits per heavy atom. The third-order valence-corrected chi connectivity index (χ3v) is 2.03. The number of rotatable bonds is 3.